The maximum absolute atomic E-state index is 13.0. The molecule has 1 aliphatic heterocycles. The van der Waals surface area contributed by atoms with Crippen LogP contribution in [0.15, 0.2) is 12.1 Å². The number of ether oxygens (including phenoxy) is 2. The van der Waals surface area contributed by atoms with Crippen molar-refractivity contribution in [1.29, 1.82) is 0 Å². The smallest absolute Gasteiger partial charge is 0.329 e. The van der Waals surface area contributed by atoms with Gasteiger partial charge in [0, 0.05) is 0 Å². The first kappa shape index (κ1) is 18.5. The van der Waals surface area contributed by atoms with E-state index in [9.17, 15) is 9.59 Å². The van der Waals surface area contributed by atoms with Crippen LogP contribution in [0.2, 0.25) is 0 Å². The van der Waals surface area contributed by atoms with Crippen LogP contribution in [0.5, 0.6) is 5.75 Å². The highest BCUT2D eigenvalue weighted by atomic mass is 16.5. The minimum absolute atomic E-state index is 0.0442. The van der Waals surface area contributed by atoms with E-state index < -0.39 is 18.1 Å². The van der Waals surface area contributed by atoms with Crippen LogP contribution in [-0.2, 0) is 14.3 Å². The first-order valence-corrected chi connectivity index (χ1v) is 9.35. The molecule has 1 aromatic rings. The van der Waals surface area contributed by atoms with E-state index in [1.165, 1.54) is 11.3 Å². The van der Waals surface area contributed by atoms with Crippen molar-refractivity contribution in [1.82, 2.24) is 4.98 Å². The van der Waals surface area contributed by atoms with E-state index in [-0.39, 0.29) is 29.6 Å². The lowest BCUT2D eigenvalue weighted by Crippen LogP contribution is -2.55. The fraction of sp³-hybridized carbons (Fsp3) is 0.632. The lowest BCUT2D eigenvalue weighted by Gasteiger charge is -2.37. The molecule has 7 heteroatoms. The van der Waals surface area contributed by atoms with Gasteiger partial charge in [-0.3, -0.25) is 9.69 Å². The van der Waals surface area contributed by atoms with E-state index in [1.54, 1.807) is 19.1 Å². The number of amides is 1. The van der Waals surface area contributed by atoms with Crippen molar-refractivity contribution in [2.24, 2.45) is 5.92 Å². The van der Waals surface area contributed by atoms with Gasteiger partial charge in [0.05, 0.1) is 0 Å². The Balaban J connectivity index is 1.86. The van der Waals surface area contributed by atoms with Crippen LogP contribution >= 0.6 is 0 Å². The van der Waals surface area contributed by atoms with Gasteiger partial charge in [0.25, 0.3) is 5.91 Å². The highest BCUT2D eigenvalue weighted by Gasteiger charge is 2.42. The molecule has 1 aromatic heterocycles. The molecular formula is C19H27N3O4. The van der Waals surface area contributed by atoms with Crippen LogP contribution in [-0.4, -0.2) is 35.1 Å². The molecule has 0 spiro atoms. The quantitative estimate of drug-likeness (QED) is 0.829. The minimum atomic E-state index is -0.789. The molecule has 2 heterocycles. The lowest BCUT2D eigenvalue weighted by atomic mass is 9.98. The van der Waals surface area contributed by atoms with Crippen molar-refractivity contribution in [3.63, 3.8) is 0 Å². The molecule has 26 heavy (non-hydrogen) atoms. The van der Waals surface area contributed by atoms with Gasteiger partial charge in [-0.25, -0.2) is 9.78 Å². The van der Waals surface area contributed by atoms with Crippen molar-refractivity contribution in [2.45, 2.75) is 71.1 Å². The number of fused-ring (bicyclic) bond motifs is 1. The molecule has 1 aliphatic carbocycles. The summed E-state index contributed by atoms with van der Waals surface area (Å²) in [6.07, 6.45) is 4.34. The number of nitrogen functional groups attached to an aromatic ring is 1. The summed E-state index contributed by atoms with van der Waals surface area (Å²) in [6, 6.07) is 2.52. The van der Waals surface area contributed by atoms with Gasteiger partial charge in [-0.1, -0.05) is 20.3 Å². The van der Waals surface area contributed by atoms with Crippen molar-refractivity contribution in [3.8, 4) is 5.75 Å². The van der Waals surface area contributed by atoms with Gasteiger partial charge in [0.15, 0.2) is 17.7 Å². The van der Waals surface area contributed by atoms with Crippen LogP contribution in [0.3, 0.4) is 0 Å². The third kappa shape index (κ3) is 3.61. The normalized spacial score (nSPS) is 21.9. The van der Waals surface area contributed by atoms with Crippen LogP contribution in [0.4, 0.5) is 11.6 Å². The van der Waals surface area contributed by atoms with Gasteiger partial charge >= 0.3 is 5.97 Å². The summed E-state index contributed by atoms with van der Waals surface area (Å²) < 4.78 is 11.5. The molecule has 3 rings (SSSR count). The molecule has 2 N–H and O–H groups in total. The Labute approximate surface area is 153 Å². The molecule has 142 valence electrons. The summed E-state index contributed by atoms with van der Waals surface area (Å²) in [6.45, 7) is 5.48. The molecule has 1 amide bonds. The highest BCUT2D eigenvalue weighted by molar-refractivity contribution is 6.03. The second-order valence-electron chi connectivity index (χ2n) is 7.42. The number of aromatic nitrogens is 1. The Bertz CT molecular complexity index is 685. The number of nitrogens with two attached hydrogens (primary N) is 1. The van der Waals surface area contributed by atoms with Crippen LogP contribution in [0.1, 0.15) is 52.9 Å². The van der Waals surface area contributed by atoms with Gasteiger partial charge in [-0.15, -0.1) is 0 Å². The fourth-order valence-electron chi connectivity index (χ4n) is 3.49. The number of anilines is 2. The van der Waals surface area contributed by atoms with E-state index in [1.807, 2.05) is 13.8 Å². The summed E-state index contributed by atoms with van der Waals surface area (Å²) in [4.78, 5) is 31.3. The number of pyridine rings is 1. The Morgan fingerprint density at radius 1 is 1.27 bits per heavy atom. The summed E-state index contributed by atoms with van der Waals surface area (Å²) in [7, 11) is 0. The molecule has 7 nitrogen and oxygen atoms in total. The van der Waals surface area contributed by atoms with Crippen LogP contribution in [0, 0.1) is 5.92 Å². The van der Waals surface area contributed by atoms with E-state index in [0.717, 1.165) is 25.7 Å². The number of esters is 1. The monoisotopic (exact) mass is 361 g/mol. The van der Waals surface area contributed by atoms with Gasteiger partial charge in [-0.2, -0.15) is 0 Å². The predicted molar refractivity (Wildman–Crippen MR) is 97.8 cm³/mol. The van der Waals surface area contributed by atoms with Crippen molar-refractivity contribution < 1.29 is 19.1 Å². The molecule has 2 atom stereocenters. The van der Waals surface area contributed by atoms with Crippen LogP contribution in [0.25, 0.3) is 0 Å². The van der Waals surface area contributed by atoms with Crippen LogP contribution < -0.4 is 15.4 Å². The SMILES string of the molecule is CC(C)C1Oc2ccc(N)nc2N(C(C)C(=O)OC2CCCCC2)C1=O. The first-order chi connectivity index (χ1) is 12.4. The molecule has 1 saturated carbocycles. The Hall–Kier alpha value is -2.31. The van der Waals surface area contributed by atoms with E-state index in [4.69, 9.17) is 15.2 Å². The van der Waals surface area contributed by atoms with Gasteiger partial charge in [0.1, 0.15) is 18.0 Å². The second-order valence-corrected chi connectivity index (χ2v) is 7.42. The summed E-state index contributed by atoms with van der Waals surface area (Å²) in [5.41, 5.74) is 5.79. The van der Waals surface area contributed by atoms with Crippen molar-refractivity contribution >= 4 is 23.5 Å². The van der Waals surface area contributed by atoms with Gasteiger partial charge < -0.3 is 15.2 Å². The number of carbonyl (C=O) groups is 2. The highest BCUT2D eigenvalue weighted by Crippen LogP contribution is 2.36. The molecule has 2 unspecified atom stereocenters. The van der Waals surface area contributed by atoms with Crippen molar-refractivity contribution in [2.75, 3.05) is 10.6 Å². The summed E-state index contributed by atoms with van der Waals surface area (Å²) in [5, 5.41) is 0. The Morgan fingerprint density at radius 3 is 2.62 bits per heavy atom. The summed E-state index contributed by atoms with van der Waals surface area (Å²) in [5.74, 6) is 0.247. The molecule has 0 radical (unpaired) electrons. The molecule has 0 saturated heterocycles. The lowest BCUT2D eigenvalue weighted by molar-refractivity contribution is -0.153. The zero-order valence-electron chi connectivity index (χ0n) is 15.6. The molecule has 1 fully saturated rings. The summed E-state index contributed by atoms with van der Waals surface area (Å²) >= 11 is 0. The maximum Gasteiger partial charge on any atom is 0.329 e. The molecule has 2 aliphatic rings. The van der Waals surface area contributed by atoms with Gasteiger partial charge in [-0.05, 0) is 50.7 Å². The third-order valence-electron chi connectivity index (χ3n) is 4.99. The molecular weight excluding hydrogens is 334 g/mol. The van der Waals surface area contributed by atoms with Crippen molar-refractivity contribution in [3.05, 3.63) is 12.1 Å². The first-order valence-electron chi connectivity index (χ1n) is 9.35. The van der Waals surface area contributed by atoms with E-state index in [0.29, 0.717) is 5.75 Å². The standard InChI is InChI=1S/C19H27N3O4/c1-11(2)16-18(23)22(17-14(26-16)9-10-15(20)21-17)12(3)19(24)25-13-7-5-4-6-8-13/h9-13,16H,4-8H2,1-3H3,(H2,20,21). The molecule has 0 bridgehead atoms. The Morgan fingerprint density at radius 2 is 1.96 bits per heavy atom. The third-order valence-corrected chi connectivity index (χ3v) is 4.99. The fourth-order valence-corrected chi connectivity index (χ4v) is 3.49. The minimum Gasteiger partial charge on any atom is -0.476 e. The number of rotatable bonds is 4. The second kappa shape index (κ2) is 7.51. The maximum atomic E-state index is 13.0. The zero-order valence-corrected chi connectivity index (χ0v) is 15.6. The van der Waals surface area contributed by atoms with E-state index >= 15 is 0 Å². The average Bonchev–Trinajstić information content (AvgIpc) is 2.61. The number of hydrogen-bond acceptors (Lipinski definition) is 6. The largest absolute Gasteiger partial charge is 0.476 e. The number of nitrogens with zero attached hydrogens (tertiary/aromatic N) is 2. The topological polar surface area (TPSA) is 94.8 Å². The number of carbonyl (C=O) groups excluding carboxylic acids is 2. The average molecular weight is 361 g/mol. The Kier molecular flexibility index (Phi) is 5.34. The predicted octanol–water partition coefficient (Wildman–Crippen LogP) is 2.68. The molecule has 0 aromatic carbocycles. The number of hydrogen-bond donors (Lipinski definition) is 1. The van der Waals surface area contributed by atoms with E-state index in [2.05, 4.69) is 4.98 Å². The van der Waals surface area contributed by atoms with Gasteiger partial charge in [0.2, 0.25) is 0 Å². The zero-order chi connectivity index (χ0) is 18.8.